The summed E-state index contributed by atoms with van der Waals surface area (Å²) >= 11 is 0. The Morgan fingerprint density at radius 3 is 2.76 bits per heavy atom. The number of halogens is 1. The van der Waals surface area contributed by atoms with Gasteiger partial charge in [-0.15, -0.1) is 0 Å². The van der Waals surface area contributed by atoms with Crippen molar-refractivity contribution in [3.63, 3.8) is 0 Å². The molecule has 0 bridgehead atoms. The van der Waals surface area contributed by atoms with Crippen molar-refractivity contribution in [1.82, 2.24) is 0 Å². The summed E-state index contributed by atoms with van der Waals surface area (Å²) in [6.07, 6.45) is 1.77. The molecule has 3 aliphatic rings. The highest BCUT2D eigenvalue weighted by molar-refractivity contribution is 5.91. The molecule has 2 aromatic rings. The molecule has 0 saturated heterocycles. The molecule has 5 rings (SSSR count). The zero-order valence-corrected chi connectivity index (χ0v) is 10.9. The first kappa shape index (κ1) is 11.1. The van der Waals surface area contributed by atoms with Gasteiger partial charge in [0, 0.05) is 23.4 Å². The monoisotopic (exact) mass is 283 g/mol. The molecule has 21 heavy (non-hydrogen) atoms. The molecule has 4 nitrogen and oxygen atoms in total. The molecular weight excluding hydrogens is 273 g/mol. The van der Waals surface area contributed by atoms with Crippen LogP contribution in [0.2, 0.25) is 0 Å². The van der Waals surface area contributed by atoms with Crippen LogP contribution >= 0.6 is 0 Å². The fourth-order valence-electron chi connectivity index (χ4n) is 3.24. The van der Waals surface area contributed by atoms with Crippen molar-refractivity contribution in [2.45, 2.75) is 5.41 Å². The number of aliphatic imine (C=N–C) groups is 1. The minimum atomic E-state index is -0.534. The first-order valence-corrected chi connectivity index (χ1v) is 6.69. The fraction of sp³-hybridized carbons (Fsp3) is 0.188. The SMILES string of the molecule is Fc1cccc2c1N=CC21COc2cc3c(cc21)OCO3. The quantitative estimate of drug-likeness (QED) is 0.746. The lowest BCUT2D eigenvalue weighted by atomic mass is 9.78. The van der Waals surface area contributed by atoms with Crippen LogP contribution in [0, 0.1) is 5.82 Å². The molecule has 0 amide bonds. The number of ether oxygens (including phenoxy) is 3. The van der Waals surface area contributed by atoms with E-state index >= 15 is 0 Å². The minimum Gasteiger partial charge on any atom is -0.491 e. The van der Waals surface area contributed by atoms with Crippen molar-refractivity contribution >= 4 is 11.9 Å². The van der Waals surface area contributed by atoms with Crippen molar-refractivity contribution in [2.24, 2.45) is 4.99 Å². The molecule has 5 heteroatoms. The van der Waals surface area contributed by atoms with Crippen LogP contribution in [0.5, 0.6) is 17.2 Å². The molecule has 2 aromatic carbocycles. The summed E-state index contributed by atoms with van der Waals surface area (Å²) in [5.41, 5.74) is 1.64. The second-order valence-electron chi connectivity index (χ2n) is 5.36. The van der Waals surface area contributed by atoms with Crippen molar-refractivity contribution in [1.29, 1.82) is 0 Å². The lowest BCUT2D eigenvalue weighted by Crippen LogP contribution is -2.28. The molecule has 0 aromatic heterocycles. The maximum atomic E-state index is 13.9. The van der Waals surface area contributed by atoms with Crippen LogP contribution in [0.15, 0.2) is 35.3 Å². The molecule has 3 heterocycles. The summed E-state index contributed by atoms with van der Waals surface area (Å²) in [6.45, 7) is 0.621. The largest absolute Gasteiger partial charge is 0.491 e. The van der Waals surface area contributed by atoms with Gasteiger partial charge in [0.1, 0.15) is 23.9 Å². The summed E-state index contributed by atoms with van der Waals surface area (Å²) in [4.78, 5) is 4.27. The number of para-hydroxylation sites is 1. The van der Waals surface area contributed by atoms with Crippen LogP contribution < -0.4 is 14.2 Å². The van der Waals surface area contributed by atoms with Crippen molar-refractivity contribution in [3.05, 3.63) is 47.3 Å². The number of fused-ring (bicyclic) bond motifs is 5. The van der Waals surface area contributed by atoms with E-state index in [1.165, 1.54) is 6.07 Å². The summed E-state index contributed by atoms with van der Waals surface area (Å²) in [7, 11) is 0. The fourth-order valence-corrected chi connectivity index (χ4v) is 3.24. The highest BCUT2D eigenvalue weighted by Crippen LogP contribution is 2.52. The Hall–Kier alpha value is -2.56. The average Bonchev–Trinajstić information content (AvgIpc) is 3.18. The third kappa shape index (κ3) is 1.26. The van der Waals surface area contributed by atoms with Gasteiger partial charge in [0.15, 0.2) is 11.5 Å². The number of hydrogen-bond donors (Lipinski definition) is 0. The van der Waals surface area contributed by atoms with E-state index in [2.05, 4.69) is 4.99 Å². The second kappa shape index (κ2) is 3.55. The molecule has 1 unspecified atom stereocenters. The Morgan fingerprint density at radius 2 is 1.86 bits per heavy atom. The average molecular weight is 283 g/mol. The standard InChI is InChI=1S/C16H10FNO3/c17-11-3-1-2-9-15(11)18-6-16(9)7-19-12-5-14-13(4-10(12)16)20-8-21-14/h1-6H,7-8H2. The Bertz CT molecular complexity index is 817. The number of benzene rings is 2. The topological polar surface area (TPSA) is 40.0 Å². The summed E-state index contributed by atoms with van der Waals surface area (Å²) < 4.78 is 30.5. The van der Waals surface area contributed by atoms with Gasteiger partial charge in [0.05, 0.1) is 5.41 Å². The minimum absolute atomic E-state index is 0.213. The molecular formula is C16H10FNO3. The summed E-state index contributed by atoms with van der Waals surface area (Å²) in [5.74, 6) is 1.80. The number of hydrogen-bond acceptors (Lipinski definition) is 4. The van der Waals surface area contributed by atoms with E-state index in [4.69, 9.17) is 14.2 Å². The maximum absolute atomic E-state index is 13.9. The summed E-state index contributed by atoms with van der Waals surface area (Å²) in [6, 6.07) is 8.77. The van der Waals surface area contributed by atoms with Gasteiger partial charge in [-0.05, 0) is 12.1 Å². The van der Waals surface area contributed by atoms with E-state index in [1.54, 1.807) is 12.3 Å². The Morgan fingerprint density at radius 1 is 1.00 bits per heavy atom. The first-order chi connectivity index (χ1) is 10.3. The lowest BCUT2D eigenvalue weighted by molar-refractivity contribution is 0.173. The second-order valence-corrected chi connectivity index (χ2v) is 5.36. The summed E-state index contributed by atoms with van der Waals surface area (Å²) in [5, 5.41) is 0. The van der Waals surface area contributed by atoms with Crippen LogP contribution in [0.25, 0.3) is 0 Å². The third-order valence-electron chi connectivity index (χ3n) is 4.29. The van der Waals surface area contributed by atoms with Crippen LogP contribution in [0.3, 0.4) is 0 Å². The van der Waals surface area contributed by atoms with Gasteiger partial charge in [-0.3, -0.25) is 4.99 Å². The maximum Gasteiger partial charge on any atom is 0.231 e. The van der Waals surface area contributed by atoms with E-state index in [0.717, 1.165) is 16.9 Å². The highest BCUT2D eigenvalue weighted by atomic mass is 19.1. The van der Waals surface area contributed by atoms with Crippen molar-refractivity contribution in [3.8, 4) is 17.2 Å². The lowest BCUT2D eigenvalue weighted by Gasteiger charge is -2.20. The van der Waals surface area contributed by atoms with Gasteiger partial charge in [-0.2, -0.15) is 0 Å². The molecule has 104 valence electrons. The molecule has 0 saturated carbocycles. The number of nitrogens with zero attached hydrogens (tertiary/aromatic N) is 1. The van der Waals surface area contributed by atoms with E-state index in [0.29, 0.717) is 23.8 Å². The van der Waals surface area contributed by atoms with Crippen LogP contribution in [-0.2, 0) is 5.41 Å². The molecule has 0 radical (unpaired) electrons. The number of rotatable bonds is 0. The van der Waals surface area contributed by atoms with E-state index < -0.39 is 5.41 Å². The Labute approximate surface area is 119 Å². The molecule has 0 aliphatic carbocycles. The normalized spacial score (nSPS) is 23.3. The molecule has 3 aliphatic heterocycles. The van der Waals surface area contributed by atoms with Crippen LogP contribution in [0.4, 0.5) is 10.1 Å². The zero-order valence-electron chi connectivity index (χ0n) is 10.9. The van der Waals surface area contributed by atoms with E-state index in [1.807, 2.05) is 18.2 Å². The van der Waals surface area contributed by atoms with E-state index in [9.17, 15) is 4.39 Å². The van der Waals surface area contributed by atoms with Crippen LogP contribution in [-0.4, -0.2) is 19.6 Å². The zero-order chi connectivity index (χ0) is 14.0. The van der Waals surface area contributed by atoms with Gasteiger partial charge in [-0.25, -0.2) is 4.39 Å². The smallest absolute Gasteiger partial charge is 0.231 e. The molecule has 0 N–H and O–H groups in total. The predicted molar refractivity (Wildman–Crippen MR) is 73.4 cm³/mol. The predicted octanol–water partition coefficient (Wildman–Crippen LogP) is 2.95. The molecule has 0 fully saturated rings. The first-order valence-electron chi connectivity index (χ1n) is 6.69. The van der Waals surface area contributed by atoms with Crippen molar-refractivity contribution in [2.75, 3.05) is 13.4 Å². The highest BCUT2D eigenvalue weighted by Gasteiger charge is 2.47. The Balaban J connectivity index is 1.77. The van der Waals surface area contributed by atoms with Gasteiger partial charge in [0.25, 0.3) is 0 Å². The van der Waals surface area contributed by atoms with Gasteiger partial charge >= 0.3 is 0 Å². The Kier molecular flexibility index (Phi) is 1.88. The van der Waals surface area contributed by atoms with Gasteiger partial charge in [0.2, 0.25) is 6.79 Å². The van der Waals surface area contributed by atoms with Gasteiger partial charge < -0.3 is 14.2 Å². The third-order valence-corrected chi connectivity index (χ3v) is 4.29. The van der Waals surface area contributed by atoms with Gasteiger partial charge in [-0.1, -0.05) is 12.1 Å². The molecule has 1 spiro atoms. The van der Waals surface area contributed by atoms with Crippen LogP contribution in [0.1, 0.15) is 11.1 Å². The van der Waals surface area contributed by atoms with Crippen molar-refractivity contribution < 1.29 is 18.6 Å². The molecule has 1 atom stereocenters. The van der Waals surface area contributed by atoms with E-state index in [-0.39, 0.29) is 12.6 Å².